The van der Waals surface area contributed by atoms with Gasteiger partial charge < -0.3 is 4.74 Å². The minimum Gasteiger partial charge on any atom is -0.373 e. The SMILES string of the molecule is CCCOCc1nc(C)cc(C=O)n1. The molecule has 0 saturated heterocycles. The number of aldehydes is 1. The van der Waals surface area contributed by atoms with Crippen LogP contribution in [0.2, 0.25) is 0 Å². The normalized spacial score (nSPS) is 10.1. The first-order valence-electron chi connectivity index (χ1n) is 4.63. The molecule has 0 bridgehead atoms. The Morgan fingerprint density at radius 1 is 1.50 bits per heavy atom. The minimum absolute atomic E-state index is 0.371. The smallest absolute Gasteiger partial charge is 0.168 e. The molecule has 4 heteroatoms. The maximum absolute atomic E-state index is 10.5. The zero-order valence-electron chi connectivity index (χ0n) is 8.49. The van der Waals surface area contributed by atoms with E-state index in [4.69, 9.17) is 4.74 Å². The predicted molar refractivity (Wildman–Crippen MR) is 52.1 cm³/mol. The number of hydrogen-bond acceptors (Lipinski definition) is 4. The largest absolute Gasteiger partial charge is 0.373 e. The van der Waals surface area contributed by atoms with Gasteiger partial charge in [-0.05, 0) is 19.4 Å². The van der Waals surface area contributed by atoms with E-state index in [1.807, 2.05) is 13.8 Å². The van der Waals surface area contributed by atoms with Crippen molar-refractivity contribution in [3.63, 3.8) is 0 Å². The van der Waals surface area contributed by atoms with Crippen LogP contribution >= 0.6 is 0 Å². The van der Waals surface area contributed by atoms with E-state index in [0.717, 1.165) is 18.4 Å². The van der Waals surface area contributed by atoms with Crippen molar-refractivity contribution in [3.8, 4) is 0 Å². The highest BCUT2D eigenvalue weighted by Crippen LogP contribution is 2.00. The van der Waals surface area contributed by atoms with Gasteiger partial charge in [-0.15, -0.1) is 0 Å². The molecule has 0 spiro atoms. The van der Waals surface area contributed by atoms with Crippen LogP contribution in [0, 0.1) is 6.92 Å². The van der Waals surface area contributed by atoms with E-state index in [9.17, 15) is 4.79 Å². The topological polar surface area (TPSA) is 52.1 Å². The van der Waals surface area contributed by atoms with E-state index in [2.05, 4.69) is 9.97 Å². The molecule has 0 unspecified atom stereocenters. The second-order valence-electron chi connectivity index (χ2n) is 3.02. The number of carbonyl (C=O) groups is 1. The van der Waals surface area contributed by atoms with Gasteiger partial charge in [-0.3, -0.25) is 4.79 Å². The fourth-order valence-corrected chi connectivity index (χ4v) is 1.09. The average molecular weight is 194 g/mol. The van der Waals surface area contributed by atoms with Crippen LogP contribution in [0.15, 0.2) is 6.07 Å². The molecule has 76 valence electrons. The molecule has 4 nitrogen and oxygen atoms in total. The van der Waals surface area contributed by atoms with Crippen molar-refractivity contribution in [1.29, 1.82) is 0 Å². The summed E-state index contributed by atoms with van der Waals surface area (Å²) in [7, 11) is 0. The van der Waals surface area contributed by atoms with Gasteiger partial charge in [0.15, 0.2) is 12.1 Å². The summed E-state index contributed by atoms with van der Waals surface area (Å²) >= 11 is 0. The minimum atomic E-state index is 0.371. The second kappa shape index (κ2) is 5.44. The van der Waals surface area contributed by atoms with E-state index in [1.54, 1.807) is 6.07 Å². The van der Waals surface area contributed by atoms with Crippen LogP contribution in [0.4, 0.5) is 0 Å². The van der Waals surface area contributed by atoms with Crippen molar-refractivity contribution in [2.75, 3.05) is 6.61 Å². The van der Waals surface area contributed by atoms with Gasteiger partial charge in [0.05, 0.1) is 0 Å². The van der Waals surface area contributed by atoms with Crippen molar-refractivity contribution in [2.24, 2.45) is 0 Å². The van der Waals surface area contributed by atoms with Crippen molar-refractivity contribution >= 4 is 6.29 Å². The van der Waals surface area contributed by atoms with E-state index < -0.39 is 0 Å². The third-order valence-electron chi connectivity index (χ3n) is 1.62. The van der Waals surface area contributed by atoms with Crippen LogP contribution < -0.4 is 0 Å². The van der Waals surface area contributed by atoms with Gasteiger partial charge in [0.25, 0.3) is 0 Å². The third kappa shape index (κ3) is 3.22. The summed E-state index contributed by atoms with van der Waals surface area (Å²) in [6, 6.07) is 1.65. The fourth-order valence-electron chi connectivity index (χ4n) is 1.09. The third-order valence-corrected chi connectivity index (χ3v) is 1.62. The molecule has 0 N–H and O–H groups in total. The summed E-state index contributed by atoms with van der Waals surface area (Å²) < 4.78 is 5.28. The Hall–Kier alpha value is -1.29. The molecular formula is C10H14N2O2. The van der Waals surface area contributed by atoms with E-state index in [0.29, 0.717) is 24.7 Å². The first-order valence-corrected chi connectivity index (χ1v) is 4.63. The number of carbonyl (C=O) groups excluding carboxylic acids is 1. The first kappa shape index (κ1) is 10.8. The lowest BCUT2D eigenvalue weighted by Crippen LogP contribution is -2.03. The number of ether oxygens (including phenoxy) is 1. The molecule has 14 heavy (non-hydrogen) atoms. The zero-order chi connectivity index (χ0) is 10.4. The van der Waals surface area contributed by atoms with E-state index in [1.165, 1.54) is 0 Å². The van der Waals surface area contributed by atoms with E-state index in [-0.39, 0.29) is 0 Å². The van der Waals surface area contributed by atoms with Crippen molar-refractivity contribution in [2.45, 2.75) is 26.9 Å². The summed E-state index contributed by atoms with van der Waals surface area (Å²) in [5.41, 5.74) is 1.20. The highest BCUT2D eigenvalue weighted by atomic mass is 16.5. The summed E-state index contributed by atoms with van der Waals surface area (Å²) in [5, 5.41) is 0. The Balaban J connectivity index is 2.66. The van der Waals surface area contributed by atoms with Crippen LogP contribution in [-0.2, 0) is 11.3 Å². The van der Waals surface area contributed by atoms with Crippen LogP contribution in [0.5, 0.6) is 0 Å². The van der Waals surface area contributed by atoms with Gasteiger partial charge in [0.2, 0.25) is 0 Å². The van der Waals surface area contributed by atoms with Crippen LogP contribution in [0.3, 0.4) is 0 Å². The number of rotatable bonds is 5. The molecular weight excluding hydrogens is 180 g/mol. The molecule has 0 amide bonds. The highest BCUT2D eigenvalue weighted by Gasteiger charge is 2.01. The fraction of sp³-hybridized carbons (Fsp3) is 0.500. The standard InChI is InChI=1S/C10H14N2O2/c1-3-4-14-7-10-11-8(2)5-9(6-13)12-10/h5-6H,3-4,7H2,1-2H3. The number of hydrogen-bond donors (Lipinski definition) is 0. The maximum atomic E-state index is 10.5. The lowest BCUT2D eigenvalue weighted by molar-refractivity contribution is 0.110. The van der Waals surface area contributed by atoms with Crippen molar-refractivity contribution in [1.82, 2.24) is 9.97 Å². The zero-order valence-corrected chi connectivity index (χ0v) is 8.49. The number of aryl methyl sites for hydroxylation is 1. The molecule has 0 aliphatic heterocycles. The number of nitrogens with zero attached hydrogens (tertiary/aromatic N) is 2. The molecule has 0 radical (unpaired) electrons. The van der Waals surface area contributed by atoms with Crippen molar-refractivity contribution < 1.29 is 9.53 Å². The summed E-state index contributed by atoms with van der Waals surface area (Å²) in [6.07, 6.45) is 1.68. The summed E-state index contributed by atoms with van der Waals surface area (Å²) in [5.74, 6) is 0.570. The molecule has 1 rings (SSSR count). The van der Waals surface area contributed by atoms with Gasteiger partial charge in [-0.25, -0.2) is 9.97 Å². The van der Waals surface area contributed by atoms with Crippen LogP contribution in [0.1, 0.15) is 35.4 Å². The molecule has 0 atom stereocenters. The maximum Gasteiger partial charge on any atom is 0.168 e. The van der Waals surface area contributed by atoms with Gasteiger partial charge in [0.1, 0.15) is 12.3 Å². The van der Waals surface area contributed by atoms with Gasteiger partial charge in [-0.2, -0.15) is 0 Å². The molecule has 0 fully saturated rings. The Bertz CT molecular complexity index is 313. The lowest BCUT2D eigenvalue weighted by Gasteiger charge is -2.02. The van der Waals surface area contributed by atoms with Gasteiger partial charge in [0, 0.05) is 12.3 Å². The average Bonchev–Trinajstić information content (AvgIpc) is 2.17. The quantitative estimate of drug-likeness (QED) is 0.527. The van der Waals surface area contributed by atoms with Gasteiger partial charge >= 0.3 is 0 Å². The monoisotopic (exact) mass is 194 g/mol. The Labute approximate surface area is 83.3 Å². The van der Waals surface area contributed by atoms with E-state index >= 15 is 0 Å². The van der Waals surface area contributed by atoms with Gasteiger partial charge in [-0.1, -0.05) is 6.92 Å². The molecule has 0 aromatic carbocycles. The lowest BCUT2D eigenvalue weighted by atomic mass is 10.3. The molecule has 1 aromatic heterocycles. The predicted octanol–water partition coefficient (Wildman–Crippen LogP) is 1.52. The molecule has 0 saturated carbocycles. The highest BCUT2D eigenvalue weighted by molar-refractivity contribution is 5.71. The molecule has 0 aliphatic carbocycles. The Kier molecular flexibility index (Phi) is 4.19. The van der Waals surface area contributed by atoms with Crippen LogP contribution in [-0.4, -0.2) is 22.9 Å². The first-order chi connectivity index (χ1) is 6.76. The Morgan fingerprint density at radius 3 is 2.93 bits per heavy atom. The Morgan fingerprint density at radius 2 is 2.29 bits per heavy atom. The summed E-state index contributed by atoms with van der Waals surface area (Å²) in [4.78, 5) is 18.7. The van der Waals surface area contributed by atoms with Crippen molar-refractivity contribution in [3.05, 3.63) is 23.3 Å². The second-order valence-corrected chi connectivity index (χ2v) is 3.02. The number of aromatic nitrogens is 2. The van der Waals surface area contributed by atoms with Crippen LogP contribution in [0.25, 0.3) is 0 Å². The summed E-state index contributed by atoms with van der Waals surface area (Å²) in [6.45, 7) is 4.93. The molecule has 0 aliphatic rings. The molecule has 1 heterocycles. The molecule has 1 aromatic rings.